The van der Waals surface area contributed by atoms with Crippen LogP contribution in [0, 0.1) is 11.8 Å². The lowest BCUT2D eigenvalue weighted by Crippen LogP contribution is -2.53. The summed E-state index contributed by atoms with van der Waals surface area (Å²) in [6.07, 6.45) is -1.62. The van der Waals surface area contributed by atoms with Gasteiger partial charge in [-0.25, -0.2) is 13.2 Å². The fourth-order valence-electron chi connectivity index (χ4n) is 4.88. The van der Waals surface area contributed by atoms with Gasteiger partial charge < -0.3 is 28.6 Å². The first-order chi connectivity index (χ1) is 14.6. The molecule has 1 N–H and O–H groups in total. The summed E-state index contributed by atoms with van der Waals surface area (Å²) in [6, 6.07) is 4.44. The normalized spacial score (nSPS) is 31.7. The van der Waals surface area contributed by atoms with Gasteiger partial charge in [0.2, 0.25) is 0 Å². The topological polar surface area (TPSA) is 148 Å². The second-order valence-electron chi connectivity index (χ2n) is 8.00. The molecule has 11 heteroatoms. The van der Waals surface area contributed by atoms with Crippen molar-refractivity contribution in [1.82, 2.24) is 0 Å². The molecule has 3 heterocycles. The Hall–Kier alpha value is -2.05. The van der Waals surface area contributed by atoms with Gasteiger partial charge in [0.05, 0.1) is 22.5 Å². The molecule has 3 fully saturated rings. The average Bonchev–Trinajstić information content (AvgIpc) is 3.34. The number of carbonyl (C=O) groups is 2. The van der Waals surface area contributed by atoms with E-state index in [1.54, 1.807) is 0 Å². The third kappa shape index (κ3) is 3.74. The molecule has 3 aliphatic heterocycles. The fourth-order valence-corrected chi connectivity index (χ4v) is 5.34. The molecule has 6 unspecified atom stereocenters. The standard InChI is InChI=1S/C20H24O10S/c1-3-20(23,4-2)14-13-15-18(30-19(13)22)17(16(14)29-15)27-9-12(21)28-10-5-7-11(8-6-10)31(24,25)26/h5-8,13-18,23H,3-4,9H2,1-2H3,(H,24,25,26)/p-1. The summed E-state index contributed by atoms with van der Waals surface area (Å²) in [4.78, 5) is 24.1. The Morgan fingerprint density at radius 1 is 1.16 bits per heavy atom. The minimum atomic E-state index is -4.60. The van der Waals surface area contributed by atoms with Crippen LogP contribution in [-0.2, 0) is 33.9 Å². The first-order valence-electron chi connectivity index (χ1n) is 10.1. The molecule has 1 aromatic rings. The molecule has 2 bridgehead atoms. The van der Waals surface area contributed by atoms with Crippen LogP contribution in [0.1, 0.15) is 26.7 Å². The van der Waals surface area contributed by atoms with Gasteiger partial charge in [0.25, 0.3) is 0 Å². The van der Waals surface area contributed by atoms with Crippen molar-refractivity contribution in [3.8, 4) is 5.75 Å². The Morgan fingerprint density at radius 3 is 2.39 bits per heavy atom. The largest absolute Gasteiger partial charge is 0.744 e. The maximum Gasteiger partial charge on any atom is 0.337 e. The van der Waals surface area contributed by atoms with E-state index in [0.29, 0.717) is 12.8 Å². The maximum atomic E-state index is 12.4. The van der Waals surface area contributed by atoms with E-state index in [1.165, 1.54) is 12.1 Å². The van der Waals surface area contributed by atoms with E-state index in [2.05, 4.69) is 0 Å². The van der Waals surface area contributed by atoms with E-state index in [-0.39, 0.29) is 5.75 Å². The van der Waals surface area contributed by atoms with E-state index in [4.69, 9.17) is 18.9 Å². The highest BCUT2D eigenvalue weighted by atomic mass is 32.2. The lowest BCUT2D eigenvalue weighted by molar-refractivity contribution is -0.150. The Morgan fingerprint density at radius 2 is 1.81 bits per heavy atom. The summed E-state index contributed by atoms with van der Waals surface area (Å²) in [5, 5.41) is 11.1. The van der Waals surface area contributed by atoms with Gasteiger partial charge in [-0.05, 0) is 37.1 Å². The third-order valence-electron chi connectivity index (χ3n) is 6.49. The SMILES string of the molecule is CCC(O)(CC)C1C2OC3C(OC(=O)C31)C2OCC(=O)Oc1ccc(S(=O)(=O)[O-])cc1. The predicted octanol–water partition coefficient (Wildman–Crippen LogP) is 0.371. The molecule has 6 atom stereocenters. The van der Waals surface area contributed by atoms with Gasteiger partial charge in [-0.15, -0.1) is 0 Å². The summed E-state index contributed by atoms with van der Waals surface area (Å²) in [5.74, 6) is -2.20. The summed E-state index contributed by atoms with van der Waals surface area (Å²) in [5.41, 5.74) is -1.12. The van der Waals surface area contributed by atoms with Crippen molar-refractivity contribution in [2.75, 3.05) is 6.61 Å². The van der Waals surface area contributed by atoms with Crippen LogP contribution in [-0.4, -0.2) is 66.6 Å². The molecule has 0 amide bonds. The zero-order chi connectivity index (χ0) is 22.6. The Balaban J connectivity index is 1.42. The van der Waals surface area contributed by atoms with Crippen molar-refractivity contribution in [3.63, 3.8) is 0 Å². The molecule has 1 aromatic carbocycles. The van der Waals surface area contributed by atoms with Crippen LogP contribution in [0.4, 0.5) is 0 Å². The highest BCUT2D eigenvalue weighted by Gasteiger charge is 2.72. The lowest BCUT2D eigenvalue weighted by atomic mass is 9.67. The molecule has 0 spiro atoms. The molecule has 3 saturated heterocycles. The molecular formula is C20H23O10S-. The first-order valence-corrected chi connectivity index (χ1v) is 11.5. The molecule has 170 valence electrons. The van der Waals surface area contributed by atoms with Gasteiger partial charge in [-0.1, -0.05) is 13.8 Å². The van der Waals surface area contributed by atoms with Crippen LogP contribution in [0.3, 0.4) is 0 Å². The predicted molar refractivity (Wildman–Crippen MR) is 101 cm³/mol. The molecule has 0 radical (unpaired) electrons. The highest BCUT2D eigenvalue weighted by molar-refractivity contribution is 7.85. The van der Waals surface area contributed by atoms with Gasteiger partial charge in [0, 0.05) is 5.92 Å². The number of hydrogen-bond donors (Lipinski definition) is 1. The van der Waals surface area contributed by atoms with Gasteiger partial charge >= 0.3 is 11.9 Å². The van der Waals surface area contributed by atoms with Crippen LogP contribution < -0.4 is 4.74 Å². The third-order valence-corrected chi connectivity index (χ3v) is 7.34. The van der Waals surface area contributed by atoms with Gasteiger partial charge in [0.1, 0.15) is 34.7 Å². The Labute approximate surface area is 179 Å². The fraction of sp³-hybridized carbons (Fsp3) is 0.600. The molecule has 10 nitrogen and oxygen atoms in total. The Kier molecular flexibility index (Phi) is 5.59. The van der Waals surface area contributed by atoms with Gasteiger partial charge in [-0.2, -0.15) is 0 Å². The van der Waals surface area contributed by atoms with Gasteiger partial charge in [-0.3, -0.25) is 4.79 Å². The monoisotopic (exact) mass is 455 g/mol. The number of hydrogen-bond acceptors (Lipinski definition) is 10. The number of benzene rings is 1. The summed E-state index contributed by atoms with van der Waals surface area (Å²) in [7, 11) is -4.60. The molecule has 3 aliphatic rings. The number of aliphatic hydroxyl groups is 1. The minimum absolute atomic E-state index is 0.0433. The van der Waals surface area contributed by atoms with Crippen molar-refractivity contribution >= 4 is 22.1 Å². The van der Waals surface area contributed by atoms with Crippen LogP contribution in [0.15, 0.2) is 29.2 Å². The molecule has 31 heavy (non-hydrogen) atoms. The smallest absolute Gasteiger partial charge is 0.337 e. The number of fused-ring (bicyclic) bond motifs is 1. The molecule has 0 aliphatic carbocycles. The van der Waals surface area contributed by atoms with Crippen LogP contribution in [0.25, 0.3) is 0 Å². The first kappa shape index (κ1) is 22.2. The second kappa shape index (κ2) is 7.82. The summed E-state index contributed by atoms with van der Waals surface area (Å²) in [6.45, 7) is 3.20. The number of esters is 2. The molecule has 0 aromatic heterocycles. The van der Waals surface area contributed by atoms with E-state index in [9.17, 15) is 27.7 Å². The molecule has 4 rings (SSSR count). The van der Waals surface area contributed by atoms with E-state index in [0.717, 1.165) is 12.1 Å². The molecular weight excluding hydrogens is 432 g/mol. The van der Waals surface area contributed by atoms with Crippen molar-refractivity contribution in [2.45, 2.75) is 61.6 Å². The maximum absolute atomic E-state index is 12.4. The summed E-state index contributed by atoms with van der Waals surface area (Å²) < 4.78 is 55.0. The van der Waals surface area contributed by atoms with E-state index in [1.807, 2.05) is 13.8 Å². The van der Waals surface area contributed by atoms with E-state index < -0.39 is 75.4 Å². The van der Waals surface area contributed by atoms with Crippen LogP contribution in [0.2, 0.25) is 0 Å². The average molecular weight is 455 g/mol. The van der Waals surface area contributed by atoms with Crippen molar-refractivity contribution in [2.24, 2.45) is 11.8 Å². The van der Waals surface area contributed by atoms with Gasteiger partial charge in [0.15, 0.2) is 6.10 Å². The number of carbonyl (C=O) groups excluding carboxylic acids is 2. The minimum Gasteiger partial charge on any atom is -0.744 e. The van der Waals surface area contributed by atoms with E-state index >= 15 is 0 Å². The number of ether oxygens (including phenoxy) is 4. The molecule has 0 saturated carbocycles. The Bertz CT molecular complexity index is 968. The van der Waals surface area contributed by atoms with Crippen LogP contribution in [0.5, 0.6) is 5.75 Å². The quantitative estimate of drug-likeness (QED) is 0.331. The zero-order valence-corrected chi connectivity index (χ0v) is 17.7. The number of rotatable bonds is 8. The van der Waals surface area contributed by atoms with Crippen molar-refractivity contribution in [3.05, 3.63) is 24.3 Å². The van der Waals surface area contributed by atoms with Crippen molar-refractivity contribution < 1.29 is 46.6 Å². The zero-order valence-electron chi connectivity index (χ0n) is 16.9. The summed E-state index contributed by atoms with van der Waals surface area (Å²) >= 11 is 0. The highest BCUT2D eigenvalue weighted by Crippen LogP contribution is 2.55. The van der Waals surface area contributed by atoms with Crippen LogP contribution >= 0.6 is 0 Å². The second-order valence-corrected chi connectivity index (χ2v) is 9.38. The van der Waals surface area contributed by atoms with Crippen molar-refractivity contribution in [1.29, 1.82) is 0 Å². The lowest BCUT2D eigenvalue weighted by Gasteiger charge is -2.39.